The molecule has 126 valence electrons. The quantitative estimate of drug-likeness (QED) is 0.907. The Morgan fingerprint density at radius 3 is 2.96 bits per heavy atom. The number of aromatic nitrogens is 1. The molecule has 1 unspecified atom stereocenters. The van der Waals surface area contributed by atoms with E-state index in [1.165, 1.54) is 24.4 Å². The van der Waals surface area contributed by atoms with E-state index in [2.05, 4.69) is 15.2 Å². The molecule has 2 N–H and O–H groups in total. The van der Waals surface area contributed by atoms with Crippen LogP contribution in [-0.4, -0.2) is 30.0 Å². The molecule has 0 bridgehead atoms. The lowest BCUT2D eigenvalue weighted by atomic mass is 10.0. The second-order valence-electron chi connectivity index (χ2n) is 6.10. The summed E-state index contributed by atoms with van der Waals surface area (Å²) in [6, 6.07) is 7.84. The number of hydrogen-bond acceptors (Lipinski definition) is 3. The lowest BCUT2D eigenvalue weighted by Crippen LogP contribution is -2.48. The number of H-pyrrole nitrogens is 1. The van der Waals surface area contributed by atoms with E-state index in [1.807, 2.05) is 6.92 Å². The first-order valence-electron chi connectivity index (χ1n) is 8.04. The van der Waals surface area contributed by atoms with E-state index in [0.717, 1.165) is 30.6 Å². The Morgan fingerprint density at radius 2 is 2.21 bits per heavy atom. The van der Waals surface area contributed by atoms with E-state index in [1.54, 1.807) is 12.1 Å². The van der Waals surface area contributed by atoms with Gasteiger partial charge in [-0.25, -0.2) is 4.39 Å². The third-order valence-electron chi connectivity index (χ3n) is 4.32. The number of nitrogens with zero attached hydrogens (tertiary/aromatic N) is 1. The maximum Gasteiger partial charge on any atom is 0.260 e. The van der Waals surface area contributed by atoms with Crippen LogP contribution in [0, 0.1) is 12.7 Å². The summed E-state index contributed by atoms with van der Waals surface area (Å²) in [5, 5.41) is 2.93. The number of amides is 1. The summed E-state index contributed by atoms with van der Waals surface area (Å²) >= 11 is 0. The zero-order chi connectivity index (χ0) is 17.1. The number of pyridine rings is 1. The van der Waals surface area contributed by atoms with Crippen molar-refractivity contribution in [1.82, 2.24) is 10.3 Å². The van der Waals surface area contributed by atoms with Crippen LogP contribution in [-0.2, 0) is 0 Å². The molecule has 1 aliphatic heterocycles. The fourth-order valence-electron chi connectivity index (χ4n) is 3.15. The first-order valence-corrected chi connectivity index (χ1v) is 8.04. The number of piperidine rings is 1. The monoisotopic (exact) mass is 329 g/mol. The average molecular weight is 329 g/mol. The van der Waals surface area contributed by atoms with Crippen molar-refractivity contribution in [3.63, 3.8) is 0 Å². The van der Waals surface area contributed by atoms with Crippen LogP contribution in [0.15, 0.2) is 41.3 Å². The number of nitrogens with one attached hydrogen (secondary N) is 2. The Bertz CT molecular complexity index is 803. The minimum Gasteiger partial charge on any atom is -0.369 e. The highest BCUT2D eigenvalue weighted by atomic mass is 19.1. The zero-order valence-corrected chi connectivity index (χ0v) is 13.5. The van der Waals surface area contributed by atoms with Crippen LogP contribution >= 0.6 is 0 Å². The highest BCUT2D eigenvalue weighted by Crippen LogP contribution is 2.24. The molecule has 3 rings (SSSR count). The van der Waals surface area contributed by atoms with Gasteiger partial charge in [0.15, 0.2) is 0 Å². The van der Waals surface area contributed by atoms with Gasteiger partial charge in [-0.05, 0) is 55.7 Å². The fraction of sp³-hybridized carbons (Fsp3) is 0.333. The average Bonchev–Trinajstić information content (AvgIpc) is 2.55. The molecule has 0 radical (unpaired) electrons. The van der Waals surface area contributed by atoms with Crippen LogP contribution in [0.25, 0.3) is 0 Å². The first kappa shape index (κ1) is 16.2. The standard InChI is InChI=1S/C18H20FN3O2/c1-12-10-13(19)6-7-16(12)22-9-3-4-14(11-22)21-18(24)15-5-2-8-20-17(15)23/h2,5-8,10,14H,3-4,9,11H2,1H3,(H,20,23)(H,21,24). The molecule has 0 aliphatic carbocycles. The van der Waals surface area contributed by atoms with E-state index < -0.39 is 5.56 Å². The Hall–Kier alpha value is -2.63. The lowest BCUT2D eigenvalue weighted by molar-refractivity contribution is 0.0931. The van der Waals surface area contributed by atoms with Gasteiger partial charge in [0.25, 0.3) is 11.5 Å². The highest BCUT2D eigenvalue weighted by Gasteiger charge is 2.23. The van der Waals surface area contributed by atoms with Gasteiger partial charge in [-0.3, -0.25) is 9.59 Å². The lowest BCUT2D eigenvalue weighted by Gasteiger charge is -2.35. The van der Waals surface area contributed by atoms with Crippen LogP contribution in [0.1, 0.15) is 28.8 Å². The summed E-state index contributed by atoms with van der Waals surface area (Å²) < 4.78 is 13.3. The summed E-state index contributed by atoms with van der Waals surface area (Å²) in [6.07, 6.45) is 3.28. The minimum absolute atomic E-state index is 0.0460. The molecule has 1 amide bonds. The topological polar surface area (TPSA) is 65.2 Å². The molecule has 1 aromatic heterocycles. The molecule has 1 fully saturated rings. The summed E-state index contributed by atoms with van der Waals surface area (Å²) in [7, 11) is 0. The fourth-order valence-corrected chi connectivity index (χ4v) is 3.15. The second-order valence-corrected chi connectivity index (χ2v) is 6.10. The van der Waals surface area contributed by atoms with Gasteiger partial charge in [0, 0.05) is 31.0 Å². The van der Waals surface area contributed by atoms with Crippen molar-refractivity contribution in [3.8, 4) is 0 Å². The van der Waals surface area contributed by atoms with Crippen LogP contribution in [0.5, 0.6) is 0 Å². The van der Waals surface area contributed by atoms with E-state index in [0.29, 0.717) is 6.54 Å². The number of aryl methyl sites for hydroxylation is 1. The van der Waals surface area contributed by atoms with Crippen molar-refractivity contribution in [2.24, 2.45) is 0 Å². The molecule has 1 aliphatic rings. The number of hydrogen-bond donors (Lipinski definition) is 2. The molecular formula is C18H20FN3O2. The van der Waals surface area contributed by atoms with Crippen LogP contribution in [0.4, 0.5) is 10.1 Å². The van der Waals surface area contributed by atoms with Crippen molar-refractivity contribution in [2.75, 3.05) is 18.0 Å². The maximum atomic E-state index is 13.3. The van der Waals surface area contributed by atoms with Crippen molar-refractivity contribution >= 4 is 11.6 Å². The normalized spacial score (nSPS) is 17.6. The molecule has 6 heteroatoms. The van der Waals surface area contributed by atoms with Gasteiger partial charge in [-0.2, -0.15) is 0 Å². The Kier molecular flexibility index (Phi) is 4.64. The third-order valence-corrected chi connectivity index (χ3v) is 4.32. The van der Waals surface area contributed by atoms with E-state index in [-0.39, 0.29) is 23.3 Å². The van der Waals surface area contributed by atoms with E-state index in [9.17, 15) is 14.0 Å². The number of benzene rings is 1. The molecule has 2 aromatic rings. The number of carbonyl (C=O) groups excluding carboxylic acids is 1. The number of halogens is 1. The SMILES string of the molecule is Cc1cc(F)ccc1N1CCCC(NC(=O)c2ccc[nH]c2=O)C1. The van der Waals surface area contributed by atoms with Gasteiger partial charge in [0.05, 0.1) is 0 Å². The third kappa shape index (κ3) is 3.48. The Balaban J connectivity index is 1.71. The van der Waals surface area contributed by atoms with Crippen molar-refractivity contribution in [3.05, 3.63) is 63.8 Å². The second kappa shape index (κ2) is 6.86. The predicted molar refractivity (Wildman–Crippen MR) is 90.9 cm³/mol. The van der Waals surface area contributed by atoms with Crippen molar-refractivity contribution < 1.29 is 9.18 Å². The van der Waals surface area contributed by atoms with Crippen molar-refractivity contribution in [1.29, 1.82) is 0 Å². The molecule has 24 heavy (non-hydrogen) atoms. The van der Waals surface area contributed by atoms with Gasteiger partial charge in [-0.15, -0.1) is 0 Å². The Labute approximate surface area is 139 Å². The molecule has 2 heterocycles. The molecule has 1 atom stereocenters. The smallest absolute Gasteiger partial charge is 0.260 e. The zero-order valence-electron chi connectivity index (χ0n) is 13.5. The first-order chi connectivity index (χ1) is 11.5. The number of aromatic amines is 1. The summed E-state index contributed by atoms with van der Waals surface area (Å²) in [6.45, 7) is 3.39. The van der Waals surface area contributed by atoms with Gasteiger partial charge in [0.1, 0.15) is 11.4 Å². The van der Waals surface area contributed by atoms with Gasteiger partial charge < -0.3 is 15.2 Å². The molecular weight excluding hydrogens is 309 g/mol. The largest absolute Gasteiger partial charge is 0.369 e. The molecule has 0 spiro atoms. The molecule has 0 saturated carbocycles. The van der Waals surface area contributed by atoms with E-state index in [4.69, 9.17) is 0 Å². The molecule has 1 aromatic carbocycles. The summed E-state index contributed by atoms with van der Waals surface area (Å²) in [4.78, 5) is 28.6. The molecule has 1 saturated heterocycles. The number of anilines is 1. The van der Waals surface area contributed by atoms with Gasteiger partial charge in [0.2, 0.25) is 0 Å². The van der Waals surface area contributed by atoms with Crippen LogP contribution < -0.4 is 15.8 Å². The van der Waals surface area contributed by atoms with Crippen LogP contribution in [0.3, 0.4) is 0 Å². The summed E-state index contributed by atoms with van der Waals surface area (Å²) in [5.41, 5.74) is 1.58. The Morgan fingerprint density at radius 1 is 1.38 bits per heavy atom. The van der Waals surface area contributed by atoms with E-state index >= 15 is 0 Å². The highest BCUT2D eigenvalue weighted by molar-refractivity contribution is 5.94. The van der Waals surface area contributed by atoms with Crippen molar-refractivity contribution in [2.45, 2.75) is 25.8 Å². The number of carbonyl (C=O) groups is 1. The minimum atomic E-state index is -0.392. The maximum absolute atomic E-state index is 13.3. The number of rotatable bonds is 3. The van der Waals surface area contributed by atoms with Crippen LogP contribution in [0.2, 0.25) is 0 Å². The summed E-state index contributed by atoms with van der Waals surface area (Å²) in [5.74, 6) is -0.610. The predicted octanol–water partition coefficient (Wildman–Crippen LogP) is 2.22. The molecule has 5 nitrogen and oxygen atoms in total. The van der Waals surface area contributed by atoms with Gasteiger partial charge >= 0.3 is 0 Å². The van der Waals surface area contributed by atoms with Gasteiger partial charge in [-0.1, -0.05) is 0 Å².